The maximum absolute atomic E-state index is 10.9. The van der Waals surface area contributed by atoms with Crippen molar-refractivity contribution in [2.75, 3.05) is 13.6 Å². The van der Waals surface area contributed by atoms with Gasteiger partial charge in [0.05, 0.1) is 11.0 Å². The van der Waals surface area contributed by atoms with Crippen LogP contribution in [0.3, 0.4) is 0 Å². The highest BCUT2D eigenvalue weighted by atomic mass is 79.9. The number of hydrogen-bond donors (Lipinski definition) is 3. The molecule has 1 aromatic carbocycles. The fourth-order valence-electron chi connectivity index (χ4n) is 1.07. The summed E-state index contributed by atoms with van der Waals surface area (Å²) in [6.07, 6.45) is 0. The van der Waals surface area contributed by atoms with Crippen LogP contribution in [0.4, 0.5) is 0 Å². The Balaban J connectivity index is 2.44. The first-order chi connectivity index (χ1) is 7.13. The fraction of sp³-hybridized carbons (Fsp3) is 0.300. The van der Waals surface area contributed by atoms with E-state index in [0.717, 1.165) is 5.56 Å². The Labute approximate surface area is 96.8 Å². The van der Waals surface area contributed by atoms with Crippen molar-refractivity contribution in [2.24, 2.45) is 0 Å². The Bertz CT molecular complexity index is 355. The average molecular weight is 273 g/mol. The number of phenolic OH excluding ortho intramolecular Hbond substituents is 1. The van der Waals surface area contributed by atoms with E-state index in [9.17, 15) is 9.90 Å². The zero-order valence-electron chi connectivity index (χ0n) is 8.38. The van der Waals surface area contributed by atoms with E-state index in [2.05, 4.69) is 26.6 Å². The van der Waals surface area contributed by atoms with Crippen molar-refractivity contribution < 1.29 is 9.90 Å². The van der Waals surface area contributed by atoms with Gasteiger partial charge in [0.15, 0.2) is 0 Å². The molecule has 3 N–H and O–H groups in total. The van der Waals surface area contributed by atoms with E-state index in [-0.39, 0.29) is 18.2 Å². The third-order valence-electron chi connectivity index (χ3n) is 1.91. The Morgan fingerprint density at radius 1 is 1.53 bits per heavy atom. The molecule has 0 aliphatic carbocycles. The van der Waals surface area contributed by atoms with Gasteiger partial charge in [-0.1, -0.05) is 6.07 Å². The number of aromatic hydroxyl groups is 1. The topological polar surface area (TPSA) is 61.4 Å². The number of hydrogen-bond acceptors (Lipinski definition) is 3. The quantitative estimate of drug-likeness (QED) is 0.766. The standard InChI is InChI=1S/C10H13BrN2O2/c1-12-10(15)6-13-5-7-2-3-9(14)8(11)4-7/h2-4,13-14H,5-6H2,1H3,(H,12,15). The monoisotopic (exact) mass is 272 g/mol. The molecule has 4 nitrogen and oxygen atoms in total. The number of benzene rings is 1. The summed E-state index contributed by atoms with van der Waals surface area (Å²) in [5.41, 5.74) is 1.00. The summed E-state index contributed by atoms with van der Waals surface area (Å²) in [5, 5.41) is 14.8. The van der Waals surface area contributed by atoms with Crippen LogP contribution in [-0.4, -0.2) is 24.6 Å². The van der Waals surface area contributed by atoms with Gasteiger partial charge in [-0.2, -0.15) is 0 Å². The summed E-state index contributed by atoms with van der Waals surface area (Å²) >= 11 is 3.22. The lowest BCUT2D eigenvalue weighted by atomic mass is 10.2. The van der Waals surface area contributed by atoms with Crippen molar-refractivity contribution in [3.8, 4) is 5.75 Å². The second kappa shape index (κ2) is 5.72. The van der Waals surface area contributed by atoms with Crippen LogP contribution >= 0.6 is 15.9 Å². The molecule has 82 valence electrons. The van der Waals surface area contributed by atoms with E-state index in [1.54, 1.807) is 19.2 Å². The Morgan fingerprint density at radius 2 is 2.27 bits per heavy atom. The molecule has 15 heavy (non-hydrogen) atoms. The van der Waals surface area contributed by atoms with Crippen molar-refractivity contribution in [1.82, 2.24) is 10.6 Å². The summed E-state index contributed by atoms with van der Waals surface area (Å²) < 4.78 is 0.654. The predicted molar refractivity (Wildman–Crippen MR) is 61.6 cm³/mol. The third-order valence-corrected chi connectivity index (χ3v) is 2.54. The first-order valence-corrected chi connectivity index (χ1v) is 5.31. The maximum atomic E-state index is 10.9. The Kier molecular flexibility index (Phi) is 4.58. The smallest absolute Gasteiger partial charge is 0.233 e. The normalized spacial score (nSPS) is 10.0. The lowest BCUT2D eigenvalue weighted by Crippen LogP contribution is -2.30. The summed E-state index contributed by atoms with van der Waals surface area (Å²) in [5.74, 6) is 0.165. The number of carbonyl (C=O) groups is 1. The van der Waals surface area contributed by atoms with Crippen LogP contribution in [0.5, 0.6) is 5.75 Å². The van der Waals surface area contributed by atoms with Crippen molar-refractivity contribution in [3.05, 3.63) is 28.2 Å². The van der Waals surface area contributed by atoms with Gasteiger partial charge in [-0.05, 0) is 33.6 Å². The number of amides is 1. The van der Waals surface area contributed by atoms with Gasteiger partial charge in [0.1, 0.15) is 5.75 Å². The van der Waals surface area contributed by atoms with Crippen LogP contribution in [0.2, 0.25) is 0 Å². The molecule has 0 aromatic heterocycles. The van der Waals surface area contributed by atoms with Crippen LogP contribution < -0.4 is 10.6 Å². The number of halogens is 1. The number of likely N-dealkylation sites (N-methyl/N-ethyl adjacent to an activating group) is 1. The van der Waals surface area contributed by atoms with E-state index in [0.29, 0.717) is 11.0 Å². The van der Waals surface area contributed by atoms with E-state index in [4.69, 9.17) is 0 Å². The first kappa shape index (κ1) is 12.0. The van der Waals surface area contributed by atoms with Crippen LogP contribution in [0.25, 0.3) is 0 Å². The van der Waals surface area contributed by atoms with Crippen molar-refractivity contribution in [1.29, 1.82) is 0 Å². The maximum Gasteiger partial charge on any atom is 0.233 e. The molecular formula is C10H13BrN2O2. The minimum atomic E-state index is -0.0483. The number of rotatable bonds is 4. The highest BCUT2D eigenvalue weighted by Gasteiger charge is 2.00. The number of carbonyl (C=O) groups excluding carboxylic acids is 1. The second-order valence-electron chi connectivity index (χ2n) is 3.06. The molecule has 0 saturated heterocycles. The molecule has 1 aromatic rings. The van der Waals surface area contributed by atoms with E-state index in [1.807, 2.05) is 6.07 Å². The summed E-state index contributed by atoms with van der Waals surface area (Å²) in [4.78, 5) is 10.9. The second-order valence-corrected chi connectivity index (χ2v) is 3.92. The fourth-order valence-corrected chi connectivity index (χ4v) is 1.50. The minimum absolute atomic E-state index is 0.0483. The molecule has 1 rings (SSSR count). The van der Waals surface area contributed by atoms with Gasteiger partial charge in [0, 0.05) is 13.6 Å². The van der Waals surface area contributed by atoms with Gasteiger partial charge in [-0.15, -0.1) is 0 Å². The van der Waals surface area contributed by atoms with Gasteiger partial charge in [0.25, 0.3) is 0 Å². The molecule has 0 heterocycles. The molecule has 5 heteroatoms. The molecule has 0 aliphatic heterocycles. The lowest BCUT2D eigenvalue weighted by molar-refractivity contribution is -0.119. The summed E-state index contributed by atoms with van der Waals surface area (Å²) in [6, 6.07) is 5.23. The Morgan fingerprint density at radius 3 is 2.87 bits per heavy atom. The molecule has 0 saturated carbocycles. The lowest BCUT2D eigenvalue weighted by Gasteiger charge is -2.05. The molecule has 0 spiro atoms. The number of phenols is 1. The van der Waals surface area contributed by atoms with Crippen LogP contribution in [-0.2, 0) is 11.3 Å². The van der Waals surface area contributed by atoms with Crippen LogP contribution in [0.15, 0.2) is 22.7 Å². The zero-order chi connectivity index (χ0) is 11.3. The molecule has 0 bridgehead atoms. The predicted octanol–water partition coefficient (Wildman–Crippen LogP) is 0.990. The van der Waals surface area contributed by atoms with E-state index >= 15 is 0 Å². The molecule has 0 atom stereocenters. The zero-order valence-corrected chi connectivity index (χ0v) is 9.97. The van der Waals surface area contributed by atoms with Gasteiger partial charge in [-0.3, -0.25) is 4.79 Å². The van der Waals surface area contributed by atoms with Gasteiger partial charge < -0.3 is 15.7 Å². The van der Waals surface area contributed by atoms with Gasteiger partial charge >= 0.3 is 0 Å². The Hall–Kier alpha value is -1.07. The third kappa shape index (κ3) is 3.89. The van der Waals surface area contributed by atoms with Gasteiger partial charge in [-0.25, -0.2) is 0 Å². The molecule has 1 amide bonds. The van der Waals surface area contributed by atoms with Crippen molar-refractivity contribution in [3.63, 3.8) is 0 Å². The van der Waals surface area contributed by atoms with Crippen molar-refractivity contribution in [2.45, 2.75) is 6.54 Å². The molecule has 0 aliphatic rings. The largest absolute Gasteiger partial charge is 0.507 e. The van der Waals surface area contributed by atoms with E-state index in [1.165, 1.54) is 0 Å². The van der Waals surface area contributed by atoms with Gasteiger partial charge in [0.2, 0.25) is 5.91 Å². The van der Waals surface area contributed by atoms with Crippen molar-refractivity contribution >= 4 is 21.8 Å². The molecule has 0 radical (unpaired) electrons. The van der Waals surface area contributed by atoms with Crippen LogP contribution in [0.1, 0.15) is 5.56 Å². The summed E-state index contributed by atoms with van der Waals surface area (Å²) in [6.45, 7) is 0.876. The molecular weight excluding hydrogens is 260 g/mol. The molecule has 0 fully saturated rings. The highest BCUT2D eigenvalue weighted by molar-refractivity contribution is 9.10. The number of nitrogens with one attached hydrogen (secondary N) is 2. The molecule has 0 unspecified atom stereocenters. The average Bonchev–Trinajstić information content (AvgIpc) is 2.23. The minimum Gasteiger partial charge on any atom is -0.507 e. The SMILES string of the molecule is CNC(=O)CNCc1ccc(O)c(Br)c1. The first-order valence-electron chi connectivity index (χ1n) is 4.52. The van der Waals surface area contributed by atoms with E-state index < -0.39 is 0 Å². The van der Waals surface area contributed by atoms with Crippen LogP contribution in [0, 0.1) is 0 Å². The summed E-state index contributed by atoms with van der Waals surface area (Å²) in [7, 11) is 1.60. The highest BCUT2D eigenvalue weighted by Crippen LogP contribution is 2.23.